The zero-order valence-corrected chi connectivity index (χ0v) is 11.6. The van der Waals surface area contributed by atoms with Crippen LogP contribution in [-0.4, -0.2) is 15.3 Å². The summed E-state index contributed by atoms with van der Waals surface area (Å²) in [6, 6.07) is 18.4. The number of para-hydroxylation sites is 1. The van der Waals surface area contributed by atoms with Crippen LogP contribution in [0.2, 0.25) is 0 Å². The fourth-order valence-electron chi connectivity index (χ4n) is 2.14. The van der Waals surface area contributed by atoms with E-state index in [1.807, 2.05) is 30.3 Å². The zero-order chi connectivity index (χ0) is 15.5. The lowest BCUT2D eigenvalue weighted by atomic mass is 10.0. The number of phenolic OH excluding ortho intramolecular Hbond substituents is 3. The molecular weight excluding hydrogens is 280 g/mol. The normalized spacial score (nSPS) is 10.4. The van der Waals surface area contributed by atoms with Crippen LogP contribution in [-0.2, 0) is 0 Å². The third-order valence-corrected chi connectivity index (χ3v) is 3.22. The van der Waals surface area contributed by atoms with E-state index in [2.05, 4.69) is 0 Å². The van der Waals surface area contributed by atoms with Gasteiger partial charge in [-0.15, -0.1) is 0 Å². The van der Waals surface area contributed by atoms with Gasteiger partial charge < -0.3 is 20.1 Å². The van der Waals surface area contributed by atoms with Crippen LogP contribution >= 0.6 is 0 Å². The molecule has 0 heterocycles. The number of rotatable bonds is 3. The van der Waals surface area contributed by atoms with E-state index in [0.29, 0.717) is 22.6 Å². The Bertz CT molecular complexity index is 797. The van der Waals surface area contributed by atoms with Crippen molar-refractivity contribution in [3.63, 3.8) is 0 Å². The van der Waals surface area contributed by atoms with E-state index < -0.39 is 0 Å². The van der Waals surface area contributed by atoms with Gasteiger partial charge in [0.15, 0.2) is 11.5 Å². The molecule has 3 N–H and O–H groups in total. The summed E-state index contributed by atoms with van der Waals surface area (Å²) >= 11 is 0. The first-order valence-electron chi connectivity index (χ1n) is 6.72. The second kappa shape index (κ2) is 5.69. The maximum atomic E-state index is 9.72. The smallest absolute Gasteiger partial charge is 0.158 e. The molecule has 0 spiro atoms. The minimum absolute atomic E-state index is 0.0861. The molecule has 3 aromatic carbocycles. The van der Waals surface area contributed by atoms with Gasteiger partial charge in [-0.05, 0) is 48.0 Å². The van der Waals surface area contributed by atoms with Crippen molar-refractivity contribution in [1.82, 2.24) is 0 Å². The molecule has 4 heteroatoms. The van der Waals surface area contributed by atoms with Crippen molar-refractivity contribution >= 4 is 0 Å². The molecule has 0 aliphatic carbocycles. The Morgan fingerprint density at radius 1 is 0.682 bits per heavy atom. The average molecular weight is 294 g/mol. The van der Waals surface area contributed by atoms with Gasteiger partial charge in [-0.3, -0.25) is 0 Å². The minimum Gasteiger partial charge on any atom is -0.508 e. The van der Waals surface area contributed by atoms with Gasteiger partial charge in [0.1, 0.15) is 17.2 Å². The molecule has 0 amide bonds. The van der Waals surface area contributed by atoms with Crippen molar-refractivity contribution < 1.29 is 20.1 Å². The van der Waals surface area contributed by atoms with Crippen molar-refractivity contribution in [2.75, 3.05) is 0 Å². The highest BCUT2D eigenvalue weighted by atomic mass is 16.5. The second-order valence-corrected chi connectivity index (χ2v) is 4.80. The SMILES string of the molecule is Oc1ccc(Oc2ccccc2)c(-c2ccc(O)c(O)c2)c1. The van der Waals surface area contributed by atoms with Crippen LogP contribution in [0.25, 0.3) is 11.1 Å². The average Bonchev–Trinajstić information content (AvgIpc) is 2.53. The number of benzene rings is 3. The molecule has 0 bridgehead atoms. The topological polar surface area (TPSA) is 69.9 Å². The number of ether oxygens (including phenoxy) is 1. The summed E-state index contributed by atoms with van der Waals surface area (Å²) in [6.45, 7) is 0. The highest BCUT2D eigenvalue weighted by Crippen LogP contribution is 2.38. The molecule has 0 aliphatic heterocycles. The monoisotopic (exact) mass is 294 g/mol. The molecule has 3 rings (SSSR count). The van der Waals surface area contributed by atoms with Gasteiger partial charge >= 0.3 is 0 Å². The van der Waals surface area contributed by atoms with Crippen molar-refractivity contribution in [3.05, 3.63) is 66.7 Å². The van der Waals surface area contributed by atoms with Gasteiger partial charge in [-0.1, -0.05) is 24.3 Å². The van der Waals surface area contributed by atoms with E-state index >= 15 is 0 Å². The summed E-state index contributed by atoms with van der Waals surface area (Å²) in [5.41, 5.74) is 1.23. The summed E-state index contributed by atoms with van der Waals surface area (Å²) in [7, 11) is 0. The summed E-state index contributed by atoms with van der Waals surface area (Å²) in [4.78, 5) is 0. The van der Waals surface area contributed by atoms with Crippen LogP contribution in [0.4, 0.5) is 0 Å². The van der Waals surface area contributed by atoms with Crippen LogP contribution in [0.5, 0.6) is 28.7 Å². The molecule has 0 radical (unpaired) electrons. The Balaban J connectivity index is 2.06. The van der Waals surface area contributed by atoms with Gasteiger partial charge in [-0.2, -0.15) is 0 Å². The fourth-order valence-corrected chi connectivity index (χ4v) is 2.14. The van der Waals surface area contributed by atoms with Crippen LogP contribution in [0, 0.1) is 0 Å². The van der Waals surface area contributed by atoms with E-state index in [1.165, 1.54) is 18.2 Å². The lowest BCUT2D eigenvalue weighted by Gasteiger charge is -2.12. The van der Waals surface area contributed by atoms with Crippen molar-refractivity contribution in [2.45, 2.75) is 0 Å². The maximum Gasteiger partial charge on any atom is 0.158 e. The van der Waals surface area contributed by atoms with Crippen molar-refractivity contribution in [1.29, 1.82) is 0 Å². The van der Waals surface area contributed by atoms with Crippen molar-refractivity contribution in [3.8, 4) is 39.9 Å². The van der Waals surface area contributed by atoms with E-state index in [-0.39, 0.29) is 17.2 Å². The Morgan fingerprint density at radius 2 is 1.45 bits per heavy atom. The molecule has 22 heavy (non-hydrogen) atoms. The lowest BCUT2D eigenvalue weighted by molar-refractivity contribution is 0.404. The van der Waals surface area contributed by atoms with Crippen molar-refractivity contribution in [2.24, 2.45) is 0 Å². The van der Waals surface area contributed by atoms with Crippen LogP contribution in [0.3, 0.4) is 0 Å². The van der Waals surface area contributed by atoms with E-state index in [0.717, 1.165) is 0 Å². The lowest BCUT2D eigenvalue weighted by Crippen LogP contribution is -1.88. The molecule has 0 saturated heterocycles. The highest BCUT2D eigenvalue weighted by Gasteiger charge is 2.11. The predicted octanol–water partition coefficient (Wildman–Crippen LogP) is 4.26. The van der Waals surface area contributed by atoms with Crippen LogP contribution in [0.1, 0.15) is 0 Å². The maximum absolute atomic E-state index is 9.72. The number of aromatic hydroxyl groups is 3. The van der Waals surface area contributed by atoms with Gasteiger partial charge in [-0.25, -0.2) is 0 Å². The summed E-state index contributed by atoms with van der Waals surface area (Å²) in [6.07, 6.45) is 0. The Labute approximate surface area is 127 Å². The van der Waals surface area contributed by atoms with Crippen LogP contribution in [0.15, 0.2) is 66.7 Å². The first-order valence-corrected chi connectivity index (χ1v) is 6.72. The highest BCUT2D eigenvalue weighted by molar-refractivity contribution is 5.74. The quantitative estimate of drug-likeness (QED) is 0.631. The third-order valence-electron chi connectivity index (χ3n) is 3.22. The zero-order valence-electron chi connectivity index (χ0n) is 11.6. The first-order chi connectivity index (χ1) is 10.6. The Morgan fingerprint density at radius 3 is 2.18 bits per heavy atom. The third kappa shape index (κ3) is 2.81. The van der Waals surface area contributed by atoms with Crippen LogP contribution < -0.4 is 4.74 Å². The van der Waals surface area contributed by atoms with Gasteiger partial charge in [0, 0.05) is 5.56 Å². The molecular formula is C18H14O4. The second-order valence-electron chi connectivity index (χ2n) is 4.80. The molecule has 4 nitrogen and oxygen atoms in total. The standard InChI is InChI=1S/C18H14O4/c19-13-7-9-18(22-14-4-2-1-3-5-14)15(11-13)12-6-8-16(20)17(21)10-12/h1-11,19-21H. The molecule has 0 atom stereocenters. The number of hydrogen-bond acceptors (Lipinski definition) is 4. The Hall–Kier alpha value is -3.14. The molecule has 3 aromatic rings. The number of phenols is 3. The first kappa shape index (κ1) is 13.8. The van der Waals surface area contributed by atoms with E-state index in [1.54, 1.807) is 18.2 Å². The molecule has 0 aromatic heterocycles. The molecule has 0 saturated carbocycles. The molecule has 0 aliphatic rings. The summed E-state index contributed by atoms with van der Waals surface area (Å²) in [5, 5.41) is 28.8. The van der Waals surface area contributed by atoms with E-state index in [9.17, 15) is 15.3 Å². The largest absolute Gasteiger partial charge is 0.508 e. The summed E-state index contributed by atoms with van der Waals surface area (Å²) < 4.78 is 5.83. The molecule has 0 unspecified atom stereocenters. The Kier molecular flexibility index (Phi) is 3.58. The van der Waals surface area contributed by atoms with Gasteiger partial charge in [0.05, 0.1) is 0 Å². The van der Waals surface area contributed by atoms with Gasteiger partial charge in [0.25, 0.3) is 0 Å². The predicted molar refractivity (Wildman–Crippen MR) is 83.4 cm³/mol. The number of hydrogen-bond donors (Lipinski definition) is 3. The fraction of sp³-hybridized carbons (Fsp3) is 0. The molecule has 110 valence electrons. The summed E-state index contributed by atoms with van der Waals surface area (Å²) in [5.74, 6) is 0.857. The van der Waals surface area contributed by atoms with E-state index in [4.69, 9.17) is 4.74 Å². The molecule has 0 fully saturated rings. The minimum atomic E-state index is -0.230. The van der Waals surface area contributed by atoms with Gasteiger partial charge in [0.2, 0.25) is 0 Å².